The summed E-state index contributed by atoms with van der Waals surface area (Å²) < 4.78 is 22.0. The van der Waals surface area contributed by atoms with E-state index in [1.54, 1.807) is 31.2 Å². The first kappa shape index (κ1) is 21.4. The second kappa shape index (κ2) is 7.83. The van der Waals surface area contributed by atoms with Crippen LogP contribution >= 0.6 is 23.2 Å². The van der Waals surface area contributed by atoms with Gasteiger partial charge in [0.05, 0.1) is 30.2 Å². The molecule has 1 atom stereocenters. The minimum atomic E-state index is -0.930. The summed E-state index contributed by atoms with van der Waals surface area (Å²) in [4.78, 5) is 28.6. The van der Waals surface area contributed by atoms with E-state index in [2.05, 4.69) is 5.16 Å². The second-order valence-corrected chi connectivity index (χ2v) is 8.26. The summed E-state index contributed by atoms with van der Waals surface area (Å²) >= 11 is 12.4. The second-order valence-electron chi connectivity index (χ2n) is 7.42. The van der Waals surface area contributed by atoms with Gasteiger partial charge in [-0.3, -0.25) is 14.5 Å². The number of carbonyl (C=O) groups excluding carboxylic acids is 1. The number of fused-ring (bicyclic) bond motifs is 2. The van der Waals surface area contributed by atoms with Gasteiger partial charge in [-0.1, -0.05) is 28.4 Å². The number of carbonyl (C=O) groups is 1. The number of anilines is 1. The summed E-state index contributed by atoms with van der Waals surface area (Å²) in [5.41, 5.74) is 0.247. The van der Waals surface area contributed by atoms with E-state index in [0.29, 0.717) is 22.8 Å². The third kappa shape index (κ3) is 3.25. The summed E-state index contributed by atoms with van der Waals surface area (Å²) in [6, 6.07) is 8.67. The average Bonchev–Trinajstić information content (AvgIpc) is 3.35. The number of halogens is 2. The zero-order chi connectivity index (χ0) is 23.4. The molecule has 10 heteroatoms. The molecule has 0 saturated heterocycles. The van der Waals surface area contributed by atoms with E-state index in [0.717, 1.165) is 0 Å². The van der Waals surface area contributed by atoms with E-state index < -0.39 is 17.4 Å². The normalized spacial score (nSPS) is 15.2. The lowest BCUT2D eigenvalue weighted by atomic mass is 9.97. The van der Waals surface area contributed by atoms with Crippen LogP contribution in [-0.2, 0) is 0 Å². The maximum atomic E-state index is 13.7. The van der Waals surface area contributed by atoms with Crippen LogP contribution in [0.15, 0.2) is 50.1 Å². The molecule has 2 aromatic carbocycles. The van der Waals surface area contributed by atoms with Gasteiger partial charge in [-0.15, -0.1) is 0 Å². The van der Waals surface area contributed by atoms with Crippen LogP contribution in [0.4, 0.5) is 5.82 Å². The van der Waals surface area contributed by atoms with Crippen molar-refractivity contribution in [3.63, 3.8) is 0 Å². The first-order valence-electron chi connectivity index (χ1n) is 9.78. The lowest BCUT2D eigenvalue weighted by molar-refractivity contribution is 0.0969. The Morgan fingerprint density at radius 2 is 1.85 bits per heavy atom. The van der Waals surface area contributed by atoms with Crippen molar-refractivity contribution >= 4 is 45.9 Å². The molecule has 0 fully saturated rings. The molecule has 1 aliphatic rings. The quantitative estimate of drug-likeness (QED) is 0.392. The molecular formula is C23H16Cl2N2O6. The fraction of sp³-hybridized carbons (Fsp3) is 0.174. The number of methoxy groups -OCH3 is 2. The molecule has 0 saturated carbocycles. The van der Waals surface area contributed by atoms with Crippen LogP contribution in [-0.4, -0.2) is 25.3 Å². The van der Waals surface area contributed by atoms with Gasteiger partial charge in [-0.05, 0) is 37.3 Å². The van der Waals surface area contributed by atoms with Gasteiger partial charge in [0.1, 0.15) is 23.3 Å². The van der Waals surface area contributed by atoms with Gasteiger partial charge in [-0.25, -0.2) is 0 Å². The molecule has 0 N–H and O–H groups in total. The Hall–Kier alpha value is -3.49. The Balaban J connectivity index is 1.88. The van der Waals surface area contributed by atoms with Crippen LogP contribution < -0.4 is 19.8 Å². The Morgan fingerprint density at radius 1 is 1.06 bits per heavy atom. The maximum absolute atomic E-state index is 13.7. The third-order valence-electron chi connectivity index (χ3n) is 5.48. The Labute approximate surface area is 197 Å². The van der Waals surface area contributed by atoms with Crippen LogP contribution in [0.1, 0.15) is 33.5 Å². The first-order valence-corrected chi connectivity index (χ1v) is 10.5. The van der Waals surface area contributed by atoms with Gasteiger partial charge >= 0.3 is 0 Å². The van der Waals surface area contributed by atoms with Crippen molar-refractivity contribution in [1.29, 1.82) is 0 Å². The van der Waals surface area contributed by atoms with Gasteiger partial charge in [-0.2, -0.15) is 0 Å². The van der Waals surface area contributed by atoms with Gasteiger partial charge in [0.25, 0.3) is 5.91 Å². The zero-order valence-corrected chi connectivity index (χ0v) is 19.2. The molecule has 33 heavy (non-hydrogen) atoms. The molecule has 2 aromatic heterocycles. The summed E-state index contributed by atoms with van der Waals surface area (Å²) in [6.07, 6.45) is 0. The molecule has 0 radical (unpaired) electrons. The molecule has 8 nitrogen and oxygen atoms in total. The van der Waals surface area contributed by atoms with E-state index in [1.165, 1.54) is 31.3 Å². The topological polar surface area (TPSA) is 95.0 Å². The number of aromatic nitrogens is 1. The fourth-order valence-corrected chi connectivity index (χ4v) is 4.58. The number of rotatable bonds is 4. The molecule has 1 amide bonds. The smallest absolute Gasteiger partial charge is 0.296 e. The van der Waals surface area contributed by atoms with Crippen LogP contribution in [0.2, 0.25) is 10.0 Å². The molecule has 3 heterocycles. The number of ether oxygens (including phenoxy) is 2. The predicted molar refractivity (Wildman–Crippen MR) is 122 cm³/mol. The highest BCUT2D eigenvalue weighted by molar-refractivity contribution is 6.38. The summed E-state index contributed by atoms with van der Waals surface area (Å²) in [7, 11) is 3.01. The van der Waals surface area contributed by atoms with E-state index in [4.69, 9.17) is 41.6 Å². The first-order chi connectivity index (χ1) is 15.8. The Morgan fingerprint density at radius 3 is 2.52 bits per heavy atom. The lowest BCUT2D eigenvalue weighted by Gasteiger charge is -2.24. The monoisotopic (exact) mass is 486 g/mol. The molecule has 0 aliphatic carbocycles. The molecule has 4 aromatic rings. The molecular weight excluding hydrogens is 471 g/mol. The fourth-order valence-electron chi connectivity index (χ4n) is 4.05. The lowest BCUT2D eigenvalue weighted by Crippen LogP contribution is -2.30. The molecule has 0 unspecified atom stereocenters. The summed E-state index contributed by atoms with van der Waals surface area (Å²) in [5.74, 6) is 0.940. The SMILES string of the molecule is COc1ccc(OC)c([C@@H]2c3c(oc4c(Cl)cc(Cl)cc4c3=O)C(=O)N2c2cc(C)on2)c1. The van der Waals surface area contributed by atoms with E-state index in [1.807, 2.05) is 0 Å². The van der Waals surface area contributed by atoms with Crippen molar-refractivity contribution in [1.82, 2.24) is 5.16 Å². The van der Waals surface area contributed by atoms with E-state index in [-0.39, 0.29) is 38.2 Å². The minimum absolute atomic E-state index is 0.0766. The number of benzene rings is 2. The average molecular weight is 487 g/mol. The number of amides is 1. The van der Waals surface area contributed by atoms with E-state index in [9.17, 15) is 9.59 Å². The standard InChI is InChI=1S/C23H16Cl2N2O6/c1-10-6-17(26-33-10)27-19(13-9-12(30-2)4-5-16(13)31-3)18-20(28)14-7-11(24)8-15(25)21(14)32-22(18)23(27)29/h4-9,19H,1-3H3/t19-/m1/s1. The van der Waals surface area contributed by atoms with Gasteiger partial charge in [0.2, 0.25) is 5.76 Å². The van der Waals surface area contributed by atoms with Crippen LogP contribution in [0.5, 0.6) is 11.5 Å². The molecule has 0 bridgehead atoms. The van der Waals surface area contributed by atoms with Crippen molar-refractivity contribution < 1.29 is 23.2 Å². The van der Waals surface area contributed by atoms with Crippen LogP contribution in [0.3, 0.4) is 0 Å². The summed E-state index contributed by atoms with van der Waals surface area (Å²) in [5, 5.41) is 4.55. The molecule has 168 valence electrons. The van der Waals surface area contributed by atoms with Crippen molar-refractivity contribution in [2.75, 3.05) is 19.1 Å². The van der Waals surface area contributed by atoms with Gasteiger partial charge in [0, 0.05) is 16.7 Å². The van der Waals surface area contributed by atoms with Gasteiger partial charge < -0.3 is 18.4 Å². The predicted octanol–water partition coefficient (Wildman–Crippen LogP) is 5.16. The molecule has 5 rings (SSSR count). The third-order valence-corrected chi connectivity index (χ3v) is 5.98. The van der Waals surface area contributed by atoms with Crippen molar-refractivity contribution in [3.05, 3.63) is 79.3 Å². The minimum Gasteiger partial charge on any atom is -0.497 e. The highest BCUT2D eigenvalue weighted by Gasteiger charge is 2.46. The highest BCUT2D eigenvalue weighted by atomic mass is 35.5. The van der Waals surface area contributed by atoms with Crippen molar-refractivity contribution in [2.24, 2.45) is 0 Å². The van der Waals surface area contributed by atoms with E-state index >= 15 is 0 Å². The highest BCUT2D eigenvalue weighted by Crippen LogP contribution is 2.45. The van der Waals surface area contributed by atoms with Crippen molar-refractivity contribution in [3.8, 4) is 11.5 Å². The Bertz CT molecular complexity index is 1490. The summed E-state index contributed by atoms with van der Waals surface area (Å²) in [6.45, 7) is 1.70. The van der Waals surface area contributed by atoms with Crippen LogP contribution in [0, 0.1) is 6.92 Å². The number of nitrogens with zero attached hydrogens (tertiary/aromatic N) is 2. The van der Waals surface area contributed by atoms with Crippen molar-refractivity contribution in [2.45, 2.75) is 13.0 Å². The zero-order valence-electron chi connectivity index (χ0n) is 17.6. The number of hydrogen-bond acceptors (Lipinski definition) is 7. The Kier molecular flexibility index (Phi) is 5.07. The molecule has 1 aliphatic heterocycles. The largest absolute Gasteiger partial charge is 0.497 e. The van der Waals surface area contributed by atoms with Crippen LogP contribution in [0.25, 0.3) is 11.0 Å². The number of aryl methyl sites for hydroxylation is 1. The maximum Gasteiger partial charge on any atom is 0.296 e. The number of hydrogen-bond donors (Lipinski definition) is 0. The molecule has 0 spiro atoms. The van der Waals surface area contributed by atoms with Gasteiger partial charge in [0.15, 0.2) is 16.8 Å².